The van der Waals surface area contributed by atoms with Crippen molar-refractivity contribution in [2.45, 2.75) is 5.38 Å². The molecule has 0 amide bonds. The molecule has 0 aliphatic carbocycles. The minimum Gasteiger partial charge on any atom is -0.497 e. The maximum absolute atomic E-state index is 14.0. The van der Waals surface area contributed by atoms with E-state index in [0.717, 1.165) is 13.6 Å². The Morgan fingerprint density at radius 1 is 1.21 bits per heavy atom. The van der Waals surface area contributed by atoms with Crippen LogP contribution in [0.15, 0.2) is 40.9 Å². The van der Waals surface area contributed by atoms with Crippen molar-refractivity contribution >= 4 is 50.1 Å². The summed E-state index contributed by atoms with van der Waals surface area (Å²) >= 11 is 12.0. The number of methoxy groups -OCH3 is 1. The summed E-state index contributed by atoms with van der Waals surface area (Å²) in [5.41, 5.74) is 1.28. The number of hydrogen-bond acceptors (Lipinski definition) is 1. The van der Waals surface area contributed by atoms with Crippen LogP contribution < -0.4 is 4.74 Å². The molecule has 2 aromatic carbocycles. The Balaban J connectivity index is 2.43. The molecule has 0 aromatic heterocycles. The smallest absolute Gasteiger partial charge is 0.131 e. The van der Waals surface area contributed by atoms with Crippen LogP contribution in [0.4, 0.5) is 4.39 Å². The molecule has 0 fully saturated rings. The highest BCUT2D eigenvalue weighted by atomic mass is 127. The number of ether oxygens (including phenoxy) is 1. The zero-order valence-electron chi connectivity index (χ0n) is 9.96. The second kappa shape index (κ2) is 6.41. The number of alkyl halides is 1. The minimum absolute atomic E-state index is 0.370. The zero-order valence-corrected chi connectivity index (χ0v) is 14.5. The van der Waals surface area contributed by atoms with E-state index in [0.29, 0.717) is 11.3 Å². The molecule has 1 unspecified atom stereocenters. The van der Waals surface area contributed by atoms with Gasteiger partial charge in [0.25, 0.3) is 0 Å². The van der Waals surface area contributed by atoms with Gasteiger partial charge in [-0.1, -0.05) is 22.0 Å². The standard InChI is InChI=1S/C14H10BrClFIO/c1-19-9-3-4-10(13(17)7-9)14(16)11-6-8(18)2-5-12(11)15/h2-7,14H,1H3. The largest absolute Gasteiger partial charge is 0.497 e. The van der Waals surface area contributed by atoms with E-state index in [1.807, 2.05) is 18.2 Å². The summed E-state index contributed by atoms with van der Waals surface area (Å²) < 4.78 is 20.9. The first-order valence-electron chi connectivity index (χ1n) is 5.45. The van der Waals surface area contributed by atoms with Crippen molar-refractivity contribution in [1.82, 2.24) is 0 Å². The number of rotatable bonds is 3. The van der Waals surface area contributed by atoms with Gasteiger partial charge in [0, 0.05) is 19.7 Å². The Bertz CT molecular complexity index is 606. The minimum atomic E-state index is -0.546. The van der Waals surface area contributed by atoms with Crippen molar-refractivity contribution in [2.75, 3.05) is 7.11 Å². The SMILES string of the molecule is COc1ccc(C(Cl)c2cc(I)ccc2Br)c(F)c1. The van der Waals surface area contributed by atoms with Gasteiger partial charge in [-0.05, 0) is 52.4 Å². The van der Waals surface area contributed by atoms with Crippen LogP contribution in [-0.2, 0) is 0 Å². The van der Waals surface area contributed by atoms with Gasteiger partial charge in [0.1, 0.15) is 11.6 Å². The molecule has 2 rings (SSSR count). The fraction of sp³-hybridized carbons (Fsp3) is 0.143. The quantitative estimate of drug-likeness (QED) is 0.437. The summed E-state index contributed by atoms with van der Waals surface area (Å²) in [7, 11) is 1.50. The van der Waals surface area contributed by atoms with E-state index >= 15 is 0 Å². The van der Waals surface area contributed by atoms with Gasteiger partial charge in [-0.3, -0.25) is 0 Å². The Labute approximate surface area is 138 Å². The Morgan fingerprint density at radius 2 is 1.95 bits per heavy atom. The Morgan fingerprint density at radius 3 is 2.58 bits per heavy atom. The fourth-order valence-corrected chi connectivity index (χ4v) is 3.20. The van der Waals surface area contributed by atoms with E-state index < -0.39 is 5.38 Å². The molecule has 0 bridgehead atoms. The molecule has 0 N–H and O–H groups in total. The average Bonchev–Trinajstić information content (AvgIpc) is 2.40. The van der Waals surface area contributed by atoms with Crippen molar-refractivity contribution in [1.29, 1.82) is 0 Å². The molecule has 0 radical (unpaired) electrons. The van der Waals surface area contributed by atoms with Gasteiger partial charge < -0.3 is 4.74 Å². The van der Waals surface area contributed by atoms with Crippen molar-refractivity contribution in [3.63, 3.8) is 0 Å². The fourth-order valence-electron chi connectivity index (χ4n) is 1.72. The highest BCUT2D eigenvalue weighted by Gasteiger charge is 2.18. The third-order valence-electron chi connectivity index (χ3n) is 2.71. The van der Waals surface area contributed by atoms with Crippen molar-refractivity contribution in [2.24, 2.45) is 0 Å². The maximum atomic E-state index is 14.0. The van der Waals surface area contributed by atoms with Crippen molar-refractivity contribution < 1.29 is 9.13 Å². The molecule has 100 valence electrons. The molecule has 0 saturated heterocycles. The van der Waals surface area contributed by atoms with Crippen LogP contribution in [0.5, 0.6) is 5.75 Å². The molecule has 0 heterocycles. The molecule has 1 atom stereocenters. The lowest BCUT2D eigenvalue weighted by molar-refractivity contribution is 0.410. The average molecular weight is 455 g/mol. The normalized spacial score (nSPS) is 12.3. The maximum Gasteiger partial charge on any atom is 0.131 e. The summed E-state index contributed by atoms with van der Waals surface area (Å²) in [5, 5.41) is -0.546. The lowest BCUT2D eigenvalue weighted by Gasteiger charge is -2.14. The van der Waals surface area contributed by atoms with E-state index in [-0.39, 0.29) is 5.82 Å². The highest BCUT2D eigenvalue weighted by Crippen LogP contribution is 2.36. The van der Waals surface area contributed by atoms with E-state index in [1.54, 1.807) is 12.1 Å². The van der Waals surface area contributed by atoms with E-state index in [2.05, 4.69) is 38.5 Å². The lowest BCUT2D eigenvalue weighted by atomic mass is 10.0. The van der Waals surface area contributed by atoms with Gasteiger partial charge in [0.15, 0.2) is 0 Å². The summed E-state index contributed by atoms with van der Waals surface area (Å²) in [4.78, 5) is 0. The van der Waals surface area contributed by atoms with E-state index in [9.17, 15) is 4.39 Å². The van der Waals surface area contributed by atoms with Crippen LogP contribution in [0.3, 0.4) is 0 Å². The second-order valence-corrected chi connectivity index (χ2v) is 6.45. The van der Waals surface area contributed by atoms with E-state index in [1.165, 1.54) is 13.2 Å². The van der Waals surface area contributed by atoms with Crippen molar-refractivity contribution in [3.8, 4) is 5.75 Å². The summed E-state index contributed by atoms with van der Waals surface area (Å²) in [6.07, 6.45) is 0. The van der Waals surface area contributed by atoms with Crippen molar-refractivity contribution in [3.05, 3.63) is 61.4 Å². The monoisotopic (exact) mass is 454 g/mol. The molecular formula is C14H10BrClFIO. The van der Waals surface area contributed by atoms with Gasteiger partial charge >= 0.3 is 0 Å². The van der Waals surface area contributed by atoms with Crippen LogP contribution in [-0.4, -0.2) is 7.11 Å². The molecule has 0 spiro atoms. The van der Waals surface area contributed by atoms with Gasteiger partial charge in [0.05, 0.1) is 12.5 Å². The topological polar surface area (TPSA) is 9.23 Å². The molecule has 0 aliphatic rings. The first kappa shape index (κ1) is 15.1. The molecule has 5 heteroatoms. The highest BCUT2D eigenvalue weighted by molar-refractivity contribution is 14.1. The van der Waals surface area contributed by atoms with Gasteiger partial charge in [-0.15, -0.1) is 11.6 Å². The predicted octanol–water partition coefficient (Wildman–Crippen LogP) is 5.53. The van der Waals surface area contributed by atoms with Crippen LogP contribution in [0.1, 0.15) is 16.5 Å². The molecule has 0 aliphatic heterocycles. The van der Waals surface area contributed by atoms with Gasteiger partial charge in [-0.25, -0.2) is 4.39 Å². The number of hydrogen-bond donors (Lipinski definition) is 0. The number of benzene rings is 2. The first-order valence-corrected chi connectivity index (χ1v) is 7.76. The number of halogens is 4. The zero-order chi connectivity index (χ0) is 14.0. The Kier molecular flexibility index (Phi) is 5.09. The third kappa shape index (κ3) is 3.41. The summed E-state index contributed by atoms with van der Waals surface area (Å²) in [5.74, 6) is 0.108. The van der Waals surface area contributed by atoms with Crippen LogP contribution in [0, 0.1) is 9.39 Å². The summed E-state index contributed by atoms with van der Waals surface area (Å²) in [6.45, 7) is 0. The molecule has 0 saturated carbocycles. The predicted molar refractivity (Wildman–Crippen MR) is 87.5 cm³/mol. The van der Waals surface area contributed by atoms with Gasteiger partial charge in [-0.2, -0.15) is 0 Å². The van der Waals surface area contributed by atoms with Crippen LogP contribution in [0.2, 0.25) is 0 Å². The van der Waals surface area contributed by atoms with E-state index in [4.69, 9.17) is 16.3 Å². The third-order valence-corrected chi connectivity index (χ3v) is 4.58. The first-order chi connectivity index (χ1) is 9.02. The second-order valence-electron chi connectivity index (χ2n) is 3.92. The van der Waals surface area contributed by atoms with Gasteiger partial charge in [0.2, 0.25) is 0 Å². The van der Waals surface area contributed by atoms with Crippen LogP contribution >= 0.6 is 50.1 Å². The lowest BCUT2D eigenvalue weighted by Crippen LogP contribution is -1.99. The Hall–Kier alpha value is -0.330. The molecule has 19 heavy (non-hydrogen) atoms. The molecular weight excluding hydrogens is 445 g/mol. The van der Waals surface area contributed by atoms with Crippen LogP contribution in [0.25, 0.3) is 0 Å². The molecule has 1 nitrogen and oxygen atoms in total. The molecule has 2 aromatic rings. The summed E-state index contributed by atoms with van der Waals surface area (Å²) in [6, 6.07) is 10.5.